The molecule has 3 atom stereocenters. The first kappa shape index (κ1) is 19.9. The van der Waals surface area contributed by atoms with Crippen LogP contribution in [-0.4, -0.2) is 51.5 Å². The van der Waals surface area contributed by atoms with Gasteiger partial charge in [-0.25, -0.2) is 12.8 Å². The lowest BCUT2D eigenvalue weighted by molar-refractivity contribution is 0.0992. The van der Waals surface area contributed by atoms with Gasteiger partial charge >= 0.3 is 0 Å². The zero-order valence-corrected chi connectivity index (χ0v) is 16.5. The molecule has 0 spiro atoms. The van der Waals surface area contributed by atoms with Gasteiger partial charge in [0, 0.05) is 6.54 Å². The van der Waals surface area contributed by atoms with Crippen LogP contribution in [0.5, 0.6) is 0 Å². The van der Waals surface area contributed by atoms with Crippen LogP contribution in [-0.2, 0) is 14.8 Å². The second kappa shape index (κ2) is 8.43. The van der Waals surface area contributed by atoms with Gasteiger partial charge in [-0.1, -0.05) is 6.07 Å². The van der Waals surface area contributed by atoms with E-state index in [2.05, 4.69) is 20.3 Å². The quantitative estimate of drug-likeness (QED) is 0.481. The van der Waals surface area contributed by atoms with E-state index < -0.39 is 15.8 Å². The minimum absolute atomic E-state index is 0.0979. The van der Waals surface area contributed by atoms with Gasteiger partial charge in [0.1, 0.15) is 5.82 Å². The predicted molar refractivity (Wildman–Crippen MR) is 104 cm³/mol. The summed E-state index contributed by atoms with van der Waals surface area (Å²) >= 11 is 0. The van der Waals surface area contributed by atoms with Crippen LogP contribution in [0.3, 0.4) is 0 Å². The molecule has 3 rings (SSSR count). The number of aliphatic imine (C=N–C) groups is 1. The Morgan fingerprint density at radius 2 is 2.19 bits per heavy atom. The SMILES string of the molecule is CCNC(=NCCS(=O)(=O)Nc1ccc(C)c(F)c1)NC1CC2CCC1O2. The third-order valence-electron chi connectivity index (χ3n) is 4.85. The molecule has 27 heavy (non-hydrogen) atoms. The Bertz CT molecular complexity index is 800. The van der Waals surface area contributed by atoms with Crippen molar-refractivity contribution >= 4 is 21.7 Å². The van der Waals surface area contributed by atoms with Gasteiger partial charge < -0.3 is 15.4 Å². The molecule has 3 unspecified atom stereocenters. The molecule has 1 aromatic carbocycles. The minimum Gasteiger partial charge on any atom is -0.373 e. The van der Waals surface area contributed by atoms with Crippen molar-refractivity contribution in [1.29, 1.82) is 0 Å². The molecule has 1 aromatic rings. The minimum atomic E-state index is -3.61. The fraction of sp³-hybridized carbons (Fsp3) is 0.611. The molecule has 2 aliphatic rings. The van der Waals surface area contributed by atoms with Crippen molar-refractivity contribution < 1.29 is 17.5 Å². The molecule has 0 aromatic heterocycles. The van der Waals surface area contributed by atoms with Crippen molar-refractivity contribution in [1.82, 2.24) is 10.6 Å². The Kier molecular flexibility index (Phi) is 6.21. The van der Waals surface area contributed by atoms with Crippen LogP contribution in [0.4, 0.5) is 10.1 Å². The van der Waals surface area contributed by atoms with Gasteiger partial charge in [-0.15, -0.1) is 0 Å². The number of hydrogen-bond donors (Lipinski definition) is 3. The van der Waals surface area contributed by atoms with Crippen LogP contribution in [0.25, 0.3) is 0 Å². The van der Waals surface area contributed by atoms with E-state index >= 15 is 0 Å². The van der Waals surface area contributed by atoms with Gasteiger partial charge in [0.2, 0.25) is 10.0 Å². The summed E-state index contributed by atoms with van der Waals surface area (Å²) in [5.74, 6) is -0.0399. The molecule has 0 aliphatic carbocycles. The van der Waals surface area contributed by atoms with E-state index in [1.165, 1.54) is 12.1 Å². The standard InChI is InChI=1S/C18H27FN4O3S/c1-3-20-18(22-16-11-14-6-7-17(16)26-14)21-8-9-27(24,25)23-13-5-4-12(2)15(19)10-13/h4-5,10,14,16-17,23H,3,6-9,11H2,1-2H3,(H2,20,21,22). The Morgan fingerprint density at radius 3 is 2.81 bits per heavy atom. The van der Waals surface area contributed by atoms with E-state index in [0.717, 1.165) is 19.3 Å². The molecule has 0 saturated carbocycles. The number of nitrogens with one attached hydrogen (secondary N) is 3. The number of ether oxygens (including phenoxy) is 1. The number of sulfonamides is 1. The first-order chi connectivity index (χ1) is 12.9. The highest BCUT2D eigenvalue weighted by Gasteiger charge is 2.41. The molecule has 2 aliphatic heterocycles. The topological polar surface area (TPSA) is 91.8 Å². The summed E-state index contributed by atoms with van der Waals surface area (Å²) in [7, 11) is -3.61. The van der Waals surface area contributed by atoms with Crippen LogP contribution in [0, 0.1) is 12.7 Å². The zero-order chi connectivity index (χ0) is 19.4. The van der Waals surface area contributed by atoms with Crippen molar-refractivity contribution in [2.45, 2.75) is 51.4 Å². The van der Waals surface area contributed by atoms with Crippen LogP contribution in [0.15, 0.2) is 23.2 Å². The maximum absolute atomic E-state index is 13.6. The summed E-state index contributed by atoms with van der Waals surface area (Å²) in [6.45, 7) is 4.36. The first-order valence-corrected chi connectivity index (χ1v) is 11.0. The molecule has 2 fully saturated rings. The van der Waals surface area contributed by atoms with E-state index in [-0.39, 0.29) is 30.1 Å². The second-order valence-corrected chi connectivity index (χ2v) is 8.85. The number of halogens is 1. The van der Waals surface area contributed by atoms with Crippen LogP contribution >= 0.6 is 0 Å². The number of guanidine groups is 1. The summed E-state index contributed by atoms with van der Waals surface area (Å²) in [5.41, 5.74) is 0.680. The van der Waals surface area contributed by atoms with Gasteiger partial charge in [-0.05, 0) is 50.8 Å². The summed E-state index contributed by atoms with van der Waals surface area (Å²) in [5, 5.41) is 6.48. The summed E-state index contributed by atoms with van der Waals surface area (Å²) in [6, 6.07) is 4.47. The molecule has 2 heterocycles. The molecule has 0 amide bonds. The maximum atomic E-state index is 13.6. The average Bonchev–Trinajstić information content (AvgIpc) is 3.21. The molecular weight excluding hydrogens is 371 g/mol. The van der Waals surface area contributed by atoms with E-state index in [0.29, 0.717) is 24.2 Å². The van der Waals surface area contributed by atoms with Crippen molar-refractivity contribution in [2.24, 2.45) is 4.99 Å². The first-order valence-electron chi connectivity index (χ1n) is 9.33. The fourth-order valence-electron chi connectivity index (χ4n) is 3.45. The van der Waals surface area contributed by atoms with Crippen molar-refractivity contribution in [3.8, 4) is 0 Å². The predicted octanol–water partition coefficient (Wildman–Crippen LogP) is 1.75. The number of hydrogen-bond acceptors (Lipinski definition) is 4. The fourth-order valence-corrected chi connectivity index (χ4v) is 4.37. The highest BCUT2D eigenvalue weighted by atomic mass is 32.2. The highest BCUT2D eigenvalue weighted by Crippen LogP contribution is 2.34. The monoisotopic (exact) mass is 398 g/mol. The molecule has 9 heteroatoms. The Hall–Kier alpha value is -1.87. The smallest absolute Gasteiger partial charge is 0.234 e. The average molecular weight is 399 g/mol. The third kappa shape index (κ3) is 5.32. The van der Waals surface area contributed by atoms with E-state index in [4.69, 9.17) is 4.74 Å². The molecule has 0 radical (unpaired) electrons. The van der Waals surface area contributed by atoms with Crippen LogP contribution in [0.2, 0.25) is 0 Å². The summed E-state index contributed by atoms with van der Waals surface area (Å²) in [6.07, 6.45) is 3.65. The number of anilines is 1. The van der Waals surface area contributed by atoms with Crippen molar-refractivity contribution in [3.05, 3.63) is 29.6 Å². The molecule has 2 saturated heterocycles. The van der Waals surface area contributed by atoms with Crippen molar-refractivity contribution in [3.63, 3.8) is 0 Å². The van der Waals surface area contributed by atoms with E-state index in [9.17, 15) is 12.8 Å². The van der Waals surface area contributed by atoms with Gasteiger partial charge in [-0.2, -0.15) is 0 Å². The molecule has 2 bridgehead atoms. The number of rotatable bonds is 7. The number of nitrogens with zero attached hydrogens (tertiary/aromatic N) is 1. The molecular formula is C18H27FN4O3S. The Balaban J connectivity index is 1.54. The lowest BCUT2D eigenvalue weighted by atomic mass is 9.96. The van der Waals surface area contributed by atoms with Crippen molar-refractivity contribution in [2.75, 3.05) is 23.6 Å². The number of aryl methyl sites for hydroxylation is 1. The van der Waals surface area contributed by atoms with E-state index in [1.54, 1.807) is 13.0 Å². The van der Waals surface area contributed by atoms with Gasteiger partial charge in [0.15, 0.2) is 5.96 Å². The molecule has 7 nitrogen and oxygen atoms in total. The molecule has 3 N–H and O–H groups in total. The number of benzene rings is 1. The van der Waals surface area contributed by atoms with Crippen LogP contribution < -0.4 is 15.4 Å². The zero-order valence-electron chi connectivity index (χ0n) is 15.7. The number of fused-ring (bicyclic) bond motifs is 2. The Morgan fingerprint density at radius 1 is 1.37 bits per heavy atom. The van der Waals surface area contributed by atoms with Gasteiger partial charge in [0.25, 0.3) is 0 Å². The molecule has 150 valence electrons. The summed E-state index contributed by atoms with van der Waals surface area (Å²) in [4.78, 5) is 4.36. The second-order valence-electron chi connectivity index (χ2n) is 7.01. The third-order valence-corrected chi connectivity index (χ3v) is 6.11. The largest absolute Gasteiger partial charge is 0.373 e. The van der Waals surface area contributed by atoms with Gasteiger partial charge in [-0.3, -0.25) is 9.71 Å². The maximum Gasteiger partial charge on any atom is 0.234 e. The van der Waals surface area contributed by atoms with E-state index in [1.807, 2.05) is 6.92 Å². The van der Waals surface area contributed by atoms with Crippen LogP contribution in [0.1, 0.15) is 31.7 Å². The highest BCUT2D eigenvalue weighted by molar-refractivity contribution is 7.92. The van der Waals surface area contributed by atoms with Gasteiger partial charge in [0.05, 0.1) is 36.2 Å². The normalized spacial score (nSPS) is 24.9. The lowest BCUT2D eigenvalue weighted by Gasteiger charge is -2.22. The Labute approximate surface area is 159 Å². The summed E-state index contributed by atoms with van der Waals surface area (Å²) < 4.78 is 46.2. The lowest BCUT2D eigenvalue weighted by Crippen LogP contribution is -2.47.